The Bertz CT molecular complexity index is 611. The van der Waals surface area contributed by atoms with Gasteiger partial charge in [-0.25, -0.2) is 4.79 Å². The molecule has 0 aliphatic rings. The SMILES string of the molecule is CCCn1ccc(=O)n(CCc2cccs2)c1=O. The Morgan fingerprint density at radius 1 is 1.22 bits per heavy atom. The van der Waals surface area contributed by atoms with Gasteiger partial charge in [-0.3, -0.25) is 9.36 Å². The average Bonchev–Trinajstić information content (AvgIpc) is 2.86. The maximum absolute atomic E-state index is 12.1. The van der Waals surface area contributed by atoms with Gasteiger partial charge >= 0.3 is 5.69 Å². The van der Waals surface area contributed by atoms with Gasteiger partial charge in [0.05, 0.1) is 0 Å². The molecule has 0 fully saturated rings. The zero-order valence-corrected chi connectivity index (χ0v) is 11.2. The minimum absolute atomic E-state index is 0.207. The molecule has 5 heteroatoms. The van der Waals surface area contributed by atoms with E-state index in [1.807, 2.05) is 24.4 Å². The van der Waals surface area contributed by atoms with Crippen molar-refractivity contribution in [2.45, 2.75) is 32.9 Å². The maximum Gasteiger partial charge on any atom is 0.330 e. The van der Waals surface area contributed by atoms with Crippen LogP contribution >= 0.6 is 11.3 Å². The van der Waals surface area contributed by atoms with E-state index in [0.717, 1.165) is 12.8 Å². The summed E-state index contributed by atoms with van der Waals surface area (Å²) in [6.45, 7) is 3.11. The molecule has 0 saturated carbocycles. The molecule has 2 aromatic heterocycles. The van der Waals surface area contributed by atoms with Crippen LogP contribution in [0.1, 0.15) is 18.2 Å². The van der Waals surface area contributed by atoms with E-state index < -0.39 is 0 Å². The third kappa shape index (κ3) is 2.79. The van der Waals surface area contributed by atoms with Gasteiger partial charge in [0.2, 0.25) is 0 Å². The summed E-state index contributed by atoms with van der Waals surface area (Å²) in [7, 11) is 0. The quantitative estimate of drug-likeness (QED) is 0.825. The molecule has 2 aromatic rings. The molecule has 96 valence electrons. The largest absolute Gasteiger partial charge is 0.330 e. The highest BCUT2D eigenvalue weighted by Gasteiger charge is 2.05. The van der Waals surface area contributed by atoms with Crippen LogP contribution in [0.15, 0.2) is 39.4 Å². The van der Waals surface area contributed by atoms with Crippen molar-refractivity contribution in [3.8, 4) is 0 Å². The Morgan fingerprint density at radius 3 is 2.72 bits per heavy atom. The summed E-state index contributed by atoms with van der Waals surface area (Å²) in [4.78, 5) is 25.0. The van der Waals surface area contributed by atoms with E-state index >= 15 is 0 Å². The van der Waals surface area contributed by atoms with E-state index in [1.54, 1.807) is 22.1 Å². The molecule has 0 N–H and O–H groups in total. The van der Waals surface area contributed by atoms with Gasteiger partial charge in [0.1, 0.15) is 0 Å². The first kappa shape index (κ1) is 12.8. The molecule has 18 heavy (non-hydrogen) atoms. The molecular weight excluding hydrogens is 248 g/mol. The first-order valence-electron chi connectivity index (χ1n) is 6.05. The summed E-state index contributed by atoms with van der Waals surface area (Å²) in [5.74, 6) is 0. The van der Waals surface area contributed by atoms with Gasteiger partial charge in [-0.2, -0.15) is 0 Å². The molecule has 0 aliphatic carbocycles. The molecule has 0 aliphatic heterocycles. The zero-order valence-electron chi connectivity index (χ0n) is 10.3. The number of aromatic nitrogens is 2. The van der Waals surface area contributed by atoms with Crippen LogP contribution in [0.3, 0.4) is 0 Å². The minimum Gasteiger partial charge on any atom is -0.300 e. The second-order valence-corrected chi connectivity index (χ2v) is 5.14. The normalized spacial score (nSPS) is 10.7. The van der Waals surface area contributed by atoms with Crippen LogP contribution in [-0.2, 0) is 19.5 Å². The standard InChI is InChI=1S/C13H16N2O2S/c1-2-7-14-8-6-12(16)15(13(14)17)9-5-11-4-3-10-18-11/h3-4,6,8,10H,2,5,7,9H2,1H3. The van der Waals surface area contributed by atoms with E-state index in [0.29, 0.717) is 13.1 Å². The van der Waals surface area contributed by atoms with Crippen LogP contribution in [0, 0.1) is 0 Å². The second kappa shape index (κ2) is 5.82. The summed E-state index contributed by atoms with van der Waals surface area (Å²) in [5.41, 5.74) is -0.426. The van der Waals surface area contributed by atoms with Gasteiger partial charge in [-0.05, 0) is 24.3 Å². The number of hydrogen-bond donors (Lipinski definition) is 0. The Hall–Kier alpha value is -1.62. The van der Waals surface area contributed by atoms with Crippen molar-refractivity contribution in [2.75, 3.05) is 0 Å². The number of aryl methyl sites for hydroxylation is 2. The second-order valence-electron chi connectivity index (χ2n) is 4.11. The molecule has 2 heterocycles. The summed E-state index contributed by atoms with van der Waals surface area (Å²) >= 11 is 1.64. The molecule has 0 spiro atoms. The lowest BCUT2D eigenvalue weighted by molar-refractivity contribution is 0.547. The summed E-state index contributed by atoms with van der Waals surface area (Å²) in [6, 6.07) is 5.46. The molecule has 0 atom stereocenters. The third-order valence-corrected chi connectivity index (χ3v) is 3.70. The van der Waals surface area contributed by atoms with E-state index in [-0.39, 0.29) is 11.2 Å². The topological polar surface area (TPSA) is 44.0 Å². The predicted molar refractivity (Wildman–Crippen MR) is 73.3 cm³/mol. The Kier molecular flexibility index (Phi) is 4.15. The van der Waals surface area contributed by atoms with Crippen molar-refractivity contribution in [3.63, 3.8) is 0 Å². The van der Waals surface area contributed by atoms with Gasteiger partial charge < -0.3 is 4.57 Å². The van der Waals surface area contributed by atoms with Gasteiger partial charge in [-0.15, -0.1) is 11.3 Å². The fourth-order valence-corrected chi connectivity index (χ4v) is 2.55. The molecule has 0 amide bonds. The van der Waals surface area contributed by atoms with Crippen molar-refractivity contribution in [1.82, 2.24) is 9.13 Å². The van der Waals surface area contributed by atoms with Crippen LogP contribution in [0.2, 0.25) is 0 Å². The third-order valence-electron chi connectivity index (χ3n) is 2.77. The first-order chi connectivity index (χ1) is 8.72. The number of nitrogens with zero attached hydrogens (tertiary/aromatic N) is 2. The highest BCUT2D eigenvalue weighted by Crippen LogP contribution is 2.09. The Morgan fingerprint density at radius 2 is 2.06 bits per heavy atom. The molecule has 2 rings (SSSR count). The lowest BCUT2D eigenvalue weighted by Gasteiger charge is -2.08. The summed E-state index contributed by atoms with van der Waals surface area (Å²) < 4.78 is 2.91. The monoisotopic (exact) mass is 264 g/mol. The lowest BCUT2D eigenvalue weighted by atomic mass is 10.3. The molecule has 0 saturated heterocycles. The first-order valence-corrected chi connectivity index (χ1v) is 6.93. The lowest BCUT2D eigenvalue weighted by Crippen LogP contribution is -2.39. The fraction of sp³-hybridized carbons (Fsp3) is 0.385. The van der Waals surface area contributed by atoms with Gasteiger partial charge in [0, 0.05) is 30.2 Å². The van der Waals surface area contributed by atoms with Crippen LogP contribution in [0.5, 0.6) is 0 Å². The number of rotatable bonds is 5. The van der Waals surface area contributed by atoms with Crippen molar-refractivity contribution in [2.24, 2.45) is 0 Å². The van der Waals surface area contributed by atoms with E-state index in [4.69, 9.17) is 0 Å². The van der Waals surface area contributed by atoms with Crippen molar-refractivity contribution >= 4 is 11.3 Å². The minimum atomic E-state index is -0.219. The van der Waals surface area contributed by atoms with Crippen LogP contribution in [0.25, 0.3) is 0 Å². The van der Waals surface area contributed by atoms with Gasteiger partial charge in [0.25, 0.3) is 5.56 Å². The van der Waals surface area contributed by atoms with Crippen molar-refractivity contribution in [1.29, 1.82) is 0 Å². The fourth-order valence-electron chi connectivity index (χ4n) is 1.85. The van der Waals surface area contributed by atoms with Crippen molar-refractivity contribution < 1.29 is 0 Å². The van der Waals surface area contributed by atoms with Gasteiger partial charge in [0.15, 0.2) is 0 Å². The predicted octanol–water partition coefficient (Wildman–Crippen LogP) is 1.72. The van der Waals surface area contributed by atoms with Crippen molar-refractivity contribution in [3.05, 3.63) is 55.5 Å². The average molecular weight is 264 g/mol. The smallest absolute Gasteiger partial charge is 0.300 e. The number of hydrogen-bond acceptors (Lipinski definition) is 3. The molecule has 0 radical (unpaired) electrons. The molecule has 0 bridgehead atoms. The van der Waals surface area contributed by atoms with E-state index in [9.17, 15) is 9.59 Å². The Labute approximate surface area is 109 Å². The summed E-state index contributed by atoms with van der Waals surface area (Å²) in [6.07, 6.45) is 3.18. The zero-order chi connectivity index (χ0) is 13.0. The maximum atomic E-state index is 12.1. The van der Waals surface area contributed by atoms with Crippen LogP contribution in [-0.4, -0.2) is 9.13 Å². The molecule has 4 nitrogen and oxygen atoms in total. The molecule has 0 unspecified atom stereocenters. The van der Waals surface area contributed by atoms with Gasteiger partial charge in [-0.1, -0.05) is 13.0 Å². The van der Waals surface area contributed by atoms with E-state index in [2.05, 4.69) is 0 Å². The summed E-state index contributed by atoms with van der Waals surface area (Å²) in [5, 5.41) is 2.00. The Balaban J connectivity index is 2.24. The van der Waals surface area contributed by atoms with E-state index in [1.165, 1.54) is 15.5 Å². The molecule has 0 aromatic carbocycles. The van der Waals surface area contributed by atoms with Crippen LogP contribution in [0.4, 0.5) is 0 Å². The highest BCUT2D eigenvalue weighted by molar-refractivity contribution is 7.09. The highest BCUT2D eigenvalue weighted by atomic mass is 32.1. The number of thiophene rings is 1. The van der Waals surface area contributed by atoms with Crippen LogP contribution < -0.4 is 11.2 Å². The molecular formula is C13H16N2O2S.